The van der Waals surface area contributed by atoms with Gasteiger partial charge in [-0.1, -0.05) is 17.7 Å². The fourth-order valence-corrected chi connectivity index (χ4v) is 2.85. The van der Waals surface area contributed by atoms with Crippen LogP contribution in [0.15, 0.2) is 24.3 Å². The van der Waals surface area contributed by atoms with Crippen molar-refractivity contribution in [2.45, 2.75) is 6.42 Å². The summed E-state index contributed by atoms with van der Waals surface area (Å²) in [4.78, 5) is 1.59. The van der Waals surface area contributed by atoms with Crippen LogP contribution in [-0.2, 0) is 4.74 Å². The van der Waals surface area contributed by atoms with Gasteiger partial charge in [-0.25, -0.2) is 0 Å². The molecule has 1 saturated heterocycles. The molecular formula is C15H23ClN5OS2+. The number of hydrazine groups is 1. The van der Waals surface area contributed by atoms with E-state index >= 15 is 0 Å². The van der Waals surface area contributed by atoms with Gasteiger partial charge in [-0.3, -0.25) is 10.9 Å². The Morgan fingerprint density at radius 1 is 1.17 bits per heavy atom. The zero-order valence-electron chi connectivity index (χ0n) is 13.4. The Hall–Kier alpha value is -1.19. The van der Waals surface area contributed by atoms with E-state index in [1.807, 2.05) is 12.1 Å². The third-order valence-corrected chi connectivity index (χ3v) is 4.25. The highest BCUT2D eigenvalue weighted by Gasteiger charge is 2.12. The van der Waals surface area contributed by atoms with Crippen molar-refractivity contribution in [1.82, 2.24) is 16.2 Å². The van der Waals surface area contributed by atoms with Crippen molar-refractivity contribution in [1.29, 1.82) is 0 Å². The van der Waals surface area contributed by atoms with Crippen molar-refractivity contribution in [2.75, 3.05) is 44.7 Å². The summed E-state index contributed by atoms with van der Waals surface area (Å²) in [6.45, 7) is 5.86. The molecule has 0 aromatic heterocycles. The maximum Gasteiger partial charge on any atom is 0.189 e. The van der Waals surface area contributed by atoms with E-state index in [1.54, 1.807) is 17.0 Å². The second kappa shape index (κ2) is 10.6. The van der Waals surface area contributed by atoms with Crippen molar-refractivity contribution in [3.63, 3.8) is 0 Å². The normalized spacial score (nSPS) is 14.7. The Balaban J connectivity index is 1.54. The van der Waals surface area contributed by atoms with Crippen LogP contribution in [0.1, 0.15) is 6.42 Å². The Bertz CT molecular complexity index is 554. The Morgan fingerprint density at radius 2 is 1.92 bits per heavy atom. The molecular weight excluding hydrogens is 366 g/mol. The summed E-state index contributed by atoms with van der Waals surface area (Å²) in [6.07, 6.45) is 1.06. The van der Waals surface area contributed by atoms with Gasteiger partial charge in [-0.15, -0.1) is 0 Å². The Morgan fingerprint density at radius 3 is 2.67 bits per heavy atom. The molecule has 0 spiro atoms. The number of thiocarbonyl (C=S) groups is 2. The van der Waals surface area contributed by atoms with Crippen LogP contribution in [0.2, 0.25) is 5.02 Å². The van der Waals surface area contributed by atoms with Gasteiger partial charge in [0, 0.05) is 23.7 Å². The van der Waals surface area contributed by atoms with Crippen LogP contribution in [0.5, 0.6) is 0 Å². The van der Waals surface area contributed by atoms with Gasteiger partial charge >= 0.3 is 0 Å². The monoisotopic (exact) mass is 388 g/mol. The molecule has 132 valence electrons. The zero-order valence-corrected chi connectivity index (χ0v) is 15.8. The molecule has 0 unspecified atom stereocenters. The molecule has 0 bridgehead atoms. The van der Waals surface area contributed by atoms with E-state index in [-0.39, 0.29) is 0 Å². The second-order valence-electron chi connectivity index (χ2n) is 5.44. The van der Waals surface area contributed by atoms with Gasteiger partial charge in [0.25, 0.3) is 0 Å². The number of nitrogens with one attached hydrogen (secondary N) is 5. The molecule has 6 nitrogen and oxygen atoms in total. The van der Waals surface area contributed by atoms with Crippen LogP contribution >= 0.6 is 36.0 Å². The number of rotatable bonds is 5. The molecule has 2 rings (SSSR count). The number of anilines is 1. The first-order valence-electron chi connectivity index (χ1n) is 7.91. The SMILES string of the molecule is S=C(NCCC[NH+]1CCOCC1)NNC(=S)Nc1cccc(Cl)c1. The van der Waals surface area contributed by atoms with Crippen LogP contribution in [0.25, 0.3) is 0 Å². The van der Waals surface area contributed by atoms with E-state index in [1.165, 1.54) is 0 Å². The smallest absolute Gasteiger partial charge is 0.189 e. The number of morpholine rings is 1. The highest BCUT2D eigenvalue weighted by atomic mass is 35.5. The summed E-state index contributed by atoms with van der Waals surface area (Å²) in [5.74, 6) is 0. The van der Waals surface area contributed by atoms with Crippen LogP contribution < -0.4 is 26.4 Å². The number of hydrogen-bond donors (Lipinski definition) is 5. The summed E-state index contributed by atoms with van der Waals surface area (Å²) in [6, 6.07) is 7.33. The highest BCUT2D eigenvalue weighted by Crippen LogP contribution is 2.14. The molecule has 0 saturated carbocycles. The van der Waals surface area contributed by atoms with E-state index in [0.29, 0.717) is 15.2 Å². The average Bonchev–Trinajstić information content (AvgIpc) is 2.58. The summed E-state index contributed by atoms with van der Waals surface area (Å²) in [7, 11) is 0. The third kappa shape index (κ3) is 7.59. The van der Waals surface area contributed by atoms with Gasteiger partial charge in [0.2, 0.25) is 0 Å². The lowest BCUT2D eigenvalue weighted by molar-refractivity contribution is -0.908. The van der Waals surface area contributed by atoms with Gasteiger partial charge in [0.05, 0.1) is 19.8 Å². The Kier molecular flexibility index (Phi) is 8.48. The summed E-state index contributed by atoms with van der Waals surface area (Å²) in [5.41, 5.74) is 6.52. The molecule has 1 aliphatic rings. The summed E-state index contributed by atoms with van der Waals surface area (Å²) < 4.78 is 5.35. The molecule has 0 aliphatic carbocycles. The third-order valence-electron chi connectivity index (χ3n) is 3.56. The lowest BCUT2D eigenvalue weighted by atomic mass is 10.3. The van der Waals surface area contributed by atoms with Crippen molar-refractivity contribution in [3.8, 4) is 0 Å². The van der Waals surface area contributed by atoms with Crippen LogP contribution in [0.4, 0.5) is 5.69 Å². The van der Waals surface area contributed by atoms with E-state index < -0.39 is 0 Å². The molecule has 0 amide bonds. The van der Waals surface area contributed by atoms with E-state index in [0.717, 1.165) is 51.5 Å². The predicted octanol–water partition coefficient (Wildman–Crippen LogP) is 0.311. The van der Waals surface area contributed by atoms with Crippen molar-refractivity contribution >= 4 is 51.9 Å². The molecule has 0 radical (unpaired) electrons. The van der Waals surface area contributed by atoms with Gasteiger partial charge in [0.1, 0.15) is 13.1 Å². The van der Waals surface area contributed by atoms with E-state index in [9.17, 15) is 0 Å². The lowest BCUT2D eigenvalue weighted by Crippen LogP contribution is -3.14. The quantitative estimate of drug-likeness (QED) is 0.283. The molecule has 5 N–H and O–H groups in total. The maximum absolute atomic E-state index is 5.92. The summed E-state index contributed by atoms with van der Waals surface area (Å²) >= 11 is 16.3. The van der Waals surface area contributed by atoms with Gasteiger partial charge in [-0.05, 0) is 42.6 Å². The second-order valence-corrected chi connectivity index (χ2v) is 6.69. The van der Waals surface area contributed by atoms with Gasteiger partial charge in [0.15, 0.2) is 10.2 Å². The van der Waals surface area contributed by atoms with Crippen LogP contribution in [-0.4, -0.2) is 49.6 Å². The molecule has 24 heavy (non-hydrogen) atoms. The average molecular weight is 389 g/mol. The molecule has 1 aromatic carbocycles. The van der Waals surface area contributed by atoms with Gasteiger partial charge < -0.3 is 20.3 Å². The predicted molar refractivity (Wildman–Crippen MR) is 106 cm³/mol. The van der Waals surface area contributed by atoms with Crippen LogP contribution in [0.3, 0.4) is 0 Å². The molecule has 1 aromatic rings. The van der Waals surface area contributed by atoms with Crippen molar-refractivity contribution < 1.29 is 9.64 Å². The van der Waals surface area contributed by atoms with E-state index in [4.69, 9.17) is 40.8 Å². The largest absolute Gasteiger partial charge is 0.370 e. The number of halogens is 1. The molecule has 1 aliphatic heterocycles. The fourth-order valence-electron chi connectivity index (χ4n) is 2.34. The minimum atomic E-state index is 0.416. The minimum absolute atomic E-state index is 0.416. The number of ether oxygens (including phenoxy) is 1. The molecule has 0 atom stereocenters. The Labute approximate surface area is 158 Å². The minimum Gasteiger partial charge on any atom is -0.370 e. The zero-order chi connectivity index (χ0) is 17.2. The number of hydrogen-bond acceptors (Lipinski definition) is 3. The topological polar surface area (TPSA) is 61.8 Å². The number of benzene rings is 1. The maximum atomic E-state index is 5.92. The molecule has 9 heteroatoms. The van der Waals surface area contributed by atoms with Gasteiger partial charge in [-0.2, -0.15) is 0 Å². The number of quaternary nitrogens is 1. The molecule has 1 fully saturated rings. The van der Waals surface area contributed by atoms with Crippen LogP contribution in [0, 0.1) is 0 Å². The first-order valence-corrected chi connectivity index (χ1v) is 9.10. The van der Waals surface area contributed by atoms with E-state index in [2.05, 4.69) is 21.5 Å². The first-order chi connectivity index (χ1) is 11.6. The standard InChI is InChI=1S/C15H22ClN5OS2/c16-12-3-1-4-13(11-12)18-15(24)20-19-14(23)17-5-2-6-21-7-9-22-10-8-21/h1,3-4,11H,2,5-10H2,(H2,17,19,23)(H2,18,20,24)/p+1. The lowest BCUT2D eigenvalue weighted by Gasteiger charge is -2.23. The van der Waals surface area contributed by atoms with Crippen molar-refractivity contribution in [3.05, 3.63) is 29.3 Å². The first kappa shape index (κ1) is 19.1. The molecule has 1 heterocycles. The summed E-state index contributed by atoms with van der Waals surface area (Å²) in [5, 5.41) is 7.75. The fraction of sp³-hybridized carbons (Fsp3) is 0.467. The van der Waals surface area contributed by atoms with Crippen molar-refractivity contribution in [2.24, 2.45) is 0 Å². The highest BCUT2D eigenvalue weighted by molar-refractivity contribution is 7.80.